The van der Waals surface area contributed by atoms with Crippen LogP contribution in [-0.4, -0.2) is 44.3 Å². The first kappa shape index (κ1) is 20.5. The van der Waals surface area contributed by atoms with Crippen LogP contribution in [0.15, 0.2) is 47.6 Å². The van der Waals surface area contributed by atoms with Gasteiger partial charge >= 0.3 is 0 Å². The molecule has 0 saturated heterocycles. The highest BCUT2D eigenvalue weighted by atomic mass is 32.2. The van der Waals surface area contributed by atoms with Crippen molar-refractivity contribution in [3.8, 4) is 11.4 Å². The highest BCUT2D eigenvalue weighted by molar-refractivity contribution is 8.00. The van der Waals surface area contributed by atoms with Crippen molar-refractivity contribution in [1.29, 1.82) is 0 Å². The maximum Gasteiger partial charge on any atom is 0.237 e. The lowest BCUT2D eigenvalue weighted by molar-refractivity contribution is -0.115. The summed E-state index contributed by atoms with van der Waals surface area (Å²) >= 11 is 1.23. The summed E-state index contributed by atoms with van der Waals surface area (Å²) in [6.07, 6.45) is 0. The number of nitrogens with zero attached hydrogens (tertiary/aromatic N) is 4. The summed E-state index contributed by atoms with van der Waals surface area (Å²) in [5, 5.41) is 14.7. The number of carbonyl (C=O) groups is 2. The molecule has 150 valence electrons. The van der Waals surface area contributed by atoms with E-state index in [9.17, 15) is 9.59 Å². The third kappa shape index (κ3) is 4.80. The minimum absolute atomic E-state index is 0.0604. The first-order valence-electron chi connectivity index (χ1n) is 8.91. The Hall–Kier alpha value is -3.20. The molecule has 0 spiro atoms. The summed E-state index contributed by atoms with van der Waals surface area (Å²) in [4.78, 5) is 24.2. The van der Waals surface area contributed by atoms with Crippen LogP contribution in [0, 0.1) is 6.92 Å². The van der Waals surface area contributed by atoms with Gasteiger partial charge in [-0.2, -0.15) is 4.68 Å². The van der Waals surface area contributed by atoms with Gasteiger partial charge in [0.05, 0.1) is 12.4 Å². The Morgan fingerprint density at radius 2 is 2.00 bits per heavy atom. The molecule has 0 aliphatic rings. The smallest absolute Gasteiger partial charge is 0.237 e. The Morgan fingerprint density at radius 3 is 2.72 bits per heavy atom. The molecule has 0 unspecified atom stereocenters. The fourth-order valence-electron chi connectivity index (χ4n) is 2.64. The molecular weight excluding hydrogens is 390 g/mol. The lowest BCUT2D eigenvalue weighted by Gasteiger charge is -2.13. The number of tetrazole rings is 1. The van der Waals surface area contributed by atoms with Crippen LogP contribution in [0.2, 0.25) is 0 Å². The van der Waals surface area contributed by atoms with Crippen molar-refractivity contribution in [3.63, 3.8) is 0 Å². The number of carbonyl (C=O) groups excluding carboxylic acids is 2. The van der Waals surface area contributed by atoms with Crippen LogP contribution < -0.4 is 10.1 Å². The summed E-state index contributed by atoms with van der Waals surface area (Å²) in [6, 6.07) is 12.5. The van der Waals surface area contributed by atoms with Crippen molar-refractivity contribution in [3.05, 3.63) is 53.6 Å². The van der Waals surface area contributed by atoms with Gasteiger partial charge in [-0.15, -0.1) is 5.10 Å². The molecule has 9 heteroatoms. The predicted octanol–water partition coefficient (Wildman–Crippen LogP) is 3.30. The number of benzene rings is 2. The number of aromatic nitrogens is 4. The number of hydrogen-bond acceptors (Lipinski definition) is 7. The van der Waals surface area contributed by atoms with Gasteiger partial charge in [-0.25, -0.2) is 0 Å². The number of amides is 1. The van der Waals surface area contributed by atoms with Gasteiger partial charge in [-0.1, -0.05) is 30.0 Å². The van der Waals surface area contributed by atoms with Gasteiger partial charge in [-0.05, 0) is 61.0 Å². The van der Waals surface area contributed by atoms with Gasteiger partial charge in [0, 0.05) is 11.3 Å². The number of nitrogens with one attached hydrogen (secondary N) is 1. The van der Waals surface area contributed by atoms with Gasteiger partial charge in [0.2, 0.25) is 11.1 Å². The second-order valence-electron chi connectivity index (χ2n) is 6.43. The Kier molecular flexibility index (Phi) is 6.28. The monoisotopic (exact) mass is 411 g/mol. The zero-order chi connectivity index (χ0) is 21.0. The largest absolute Gasteiger partial charge is 0.494 e. The molecular formula is C20H21N5O3S. The first-order valence-corrected chi connectivity index (χ1v) is 9.79. The molecule has 0 fully saturated rings. The van der Waals surface area contributed by atoms with E-state index in [4.69, 9.17) is 4.74 Å². The normalized spacial score (nSPS) is 11.7. The van der Waals surface area contributed by atoms with Crippen LogP contribution in [0.3, 0.4) is 0 Å². The van der Waals surface area contributed by atoms with Crippen molar-refractivity contribution in [1.82, 2.24) is 20.2 Å². The van der Waals surface area contributed by atoms with Crippen molar-refractivity contribution < 1.29 is 14.3 Å². The SMILES string of the molecule is COc1ccc(C)cc1-n1nnnc1S[C@@H](C)C(=O)Nc1cccc(C(C)=O)c1. The maximum atomic E-state index is 12.6. The number of ketones is 1. The van der Waals surface area contributed by atoms with Crippen LogP contribution >= 0.6 is 11.8 Å². The molecule has 0 aliphatic heterocycles. The Labute approximate surface area is 172 Å². The molecule has 0 bridgehead atoms. The van der Waals surface area contributed by atoms with E-state index in [1.165, 1.54) is 18.7 Å². The maximum absolute atomic E-state index is 12.6. The zero-order valence-electron chi connectivity index (χ0n) is 16.5. The molecule has 1 aromatic heterocycles. The van der Waals surface area contributed by atoms with Crippen molar-refractivity contribution in [2.45, 2.75) is 31.2 Å². The number of Topliss-reactive ketones (excluding diaryl/α,β-unsaturated/α-hetero) is 1. The van der Waals surface area contributed by atoms with Gasteiger partial charge in [0.25, 0.3) is 0 Å². The Bertz CT molecular complexity index is 1050. The molecule has 0 saturated carbocycles. The number of methoxy groups -OCH3 is 1. The summed E-state index contributed by atoms with van der Waals surface area (Å²) in [5.41, 5.74) is 2.83. The molecule has 1 amide bonds. The highest BCUT2D eigenvalue weighted by Gasteiger charge is 2.21. The van der Waals surface area contributed by atoms with E-state index in [0.717, 1.165) is 5.56 Å². The van der Waals surface area contributed by atoms with E-state index < -0.39 is 5.25 Å². The van der Waals surface area contributed by atoms with Gasteiger partial charge in [0.15, 0.2) is 5.78 Å². The molecule has 1 N–H and O–H groups in total. The Morgan fingerprint density at radius 1 is 1.21 bits per heavy atom. The molecule has 2 aromatic carbocycles. The van der Waals surface area contributed by atoms with Crippen LogP contribution in [0.5, 0.6) is 5.75 Å². The quantitative estimate of drug-likeness (QED) is 0.470. The molecule has 1 atom stereocenters. The van der Waals surface area contributed by atoms with E-state index >= 15 is 0 Å². The van der Waals surface area contributed by atoms with Crippen molar-refractivity contribution >= 4 is 29.1 Å². The second-order valence-corrected chi connectivity index (χ2v) is 7.74. The van der Waals surface area contributed by atoms with Crippen LogP contribution in [-0.2, 0) is 4.79 Å². The third-order valence-electron chi connectivity index (χ3n) is 4.19. The zero-order valence-corrected chi connectivity index (χ0v) is 17.4. The molecule has 3 rings (SSSR count). The molecule has 1 heterocycles. The number of ether oxygens (including phenoxy) is 1. The van der Waals surface area contributed by atoms with E-state index in [1.807, 2.05) is 25.1 Å². The fourth-order valence-corrected chi connectivity index (χ4v) is 3.44. The lowest BCUT2D eigenvalue weighted by Crippen LogP contribution is -2.23. The van der Waals surface area contributed by atoms with Crippen molar-refractivity contribution in [2.75, 3.05) is 12.4 Å². The van der Waals surface area contributed by atoms with Crippen LogP contribution in [0.4, 0.5) is 5.69 Å². The average Bonchev–Trinajstić information content (AvgIpc) is 3.16. The van der Waals surface area contributed by atoms with E-state index in [0.29, 0.717) is 27.8 Å². The minimum Gasteiger partial charge on any atom is -0.494 e. The summed E-state index contributed by atoms with van der Waals surface area (Å²) in [7, 11) is 1.58. The lowest BCUT2D eigenvalue weighted by atomic mass is 10.1. The molecule has 3 aromatic rings. The summed E-state index contributed by atoms with van der Waals surface area (Å²) in [6.45, 7) is 5.21. The van der Waals surface area contributed by atoms with Crippen LogP contribution in [0.1, 0.15) is 29.8 Å². The number of thioether (sulfide) groups is 1. The third-order valence-corrected chi connectivity index (χ3v) is 5.22. The van der Waals surface area contributed by atoms with E-state index in [2.05, 4.69) is 20.8 Å². The molecule has 0 aliphatic carbocycles. The van der Waals surface area contributed by atoms with Crippen LogP contribution in [0.25, 0.3) is 5.69 Å². The summed E-state index contributed by atoms with van der Waals surface area (Å²) in [5.74, 6) is 0.346. The topological polar surface area (TPSA) is 99.0 Å². The standard InChI is InChI=1S/C20H21N5O3S/c1-12-8-9-18(28-4)17(10-12)25-20(22-23-24-25)29-14(3)19(27)21-16-7-5-6-15(11-16)13(2)26/h5-11,14H,1-4H3,(H,21,27)/t14-/m0/s1. The number of hydrogen-bond donors (Lipinski definition) is 1. The average molecular weight is 411 g/mol. The minimum atomic E-state index is -0.475. The van der Waals surface area contributed by atoms with Crippen molar-refractivity contribution in [2.24, 2.45) is 0 Å². The van der Waals surface area contributed by atoms with E-state index in [-0.39, 0.29) is 11.7 Å². The number of rotatable bonds is 7. The first-order chi connectivity index (χ1) is 13.9. The molecule has 0 radical (unpaired) electrons. The summed E-state index contributed by atoms with van der Waals surface area (Å²) < 4.78 is 6.96. The van der Waals surface area contributed by atoms with Gasteiger partial charge in [0.1, 0.15) is 11.4 Å². The Balaban J connectivity index is 1.77. The predicted molar refractivity (Wildman–Crippen MR) is 111 cm³/mol. The molecule has 29 heavy (non-hydrogen) atoms. The second kappa shape index (κ2) is 8.87. The van der Waals surface area contributed by atoms with Gasteiger partial charge in [-0.3, -0.25) is 9.59 Å². The highest BCUT2D eigenvalue weighted by Crippen LogP contribution is 2.29. The van der Waals surface area contributed by atoms with E-state index in [1.54, 1.807) is 43.0 Å². The molecule has 8 nitrogen and oxygen atoms in total. The van der Waals surface area contributed by atoms with Gasteiger partial charge < -0.3 is 10.1 Å². The number of aryl methyl sites for hydroxylation is 1. The fraction of sp³-hybridized carbons (Fsp3) is 0.250. The number of anilines is 1.